The van der Waals surface area contributed by atoms with Gasteiger partial charge < -0.3 is 20.3 Å². The minimum atomic E-state index is -0.715. The van der Waals surface area contributed by atoms with E-state index >= 15 is 0 Å². The van der Waals surface area contributed by atoms with E-state index in [9.17, 15) is 14.4 Å². The van der Waals surface area contributed by atoms with Crippen LogP contribution in [0.5, 0.6) is 0 Å². The molecule has 2 N–H and O–H groups in total. The Balaban J connectivity index is 1.72. The van der Waals surface area contributed by atoms with E-state index in [1.54, 1.807) is 17.0 Å². The van der Waals surface area contributed by atoms with Crippen molar-refractivity contribution in [1.29, 1.82) is 0 Å². The van der Waals surface area contributed by atoms with Crippen molar-refractivity contribution < 1.29 is 19.1 Å². The van der Waals surface area contributed by atoms with Gasteiger partial charge in [-0.15, -0.1) is 0 Å². The van der Waals surface area contributed by atoms with E-state index < -0.39 is 11.8 Å². The maximum atomic E-state index is 11.8. The molecule has 8 nitrogen and oxygen atoms in total. The number of aryl methyl sites for hydroxylation is 1. The molecule has 1 aromatic rings. The van der Waals surface area contributed by atoms with E-state index in [-0.39, 0.29) is 12.0 Å². The number of rotatable bonds is 3. The number of piperidine rings is 1. The van der Waals surface area contributed by atoms with Crippen LogP contribution in [0, 0.1) is 12.8 Å². The summed E-state index contributed by atoms with van der Waals surface area (Å²) < 4.78 is 4.68. The number of nitrogens with zero attached hydrogens (tertiary/aromatic N) is 2. The fraction of sp³-hybridized carbons (Fsp3) is 0.500. The Morgan fingerprint density at radius 3 is 2.54 bits per heavy atom. The third-order valence-corrected chi connectivity index (χ3v) is 3.97. The van der Waals surface area contributed by atoms with Crippen LogP contribution in [-0.2, 0) is 14.3 Å². The Morgan fingerprint density at radius 1 is 1.25 bits per heavy atom. The fourth-order valence-electron chi connectivity index (χ4n) is 2.50. The molecular weight excluding hydrogens is 312 g/mol. The molecule has 0 unspecified atom stereocenters. The van der Waals surface area contributed by atoms with E-state index in [4.69, 9.17) is 0 Å². The Morgan fingerprint density at radius 2 is 1.96 bits per heavy atom. The van der Waals surface area contributed by atoms with E-state index in [1.165, 1.54) is 13.3 Å². The Labute approximate surface area is 140 Å². The standard InChI is InChI=1S/C16H22N4O4/c1-11-3-4-13(10-17-11)19-15(22)14(21)18-9-12-5-7-20(8-6-12)16(23)24-2/h3-4,10,12H,5-9H2,1-2H3,(H,18,21)(H,19,22). The SMILES string of the molecule is COC(=O)N1CCC(CNC(=O)C(=O)Nc2ccc(C)nc2)CC1. The van der Waals surface area contributed by atoms with Crippen molar-refractivity contribution in [3.05, 3.63) is 24.0 Å². The van der Waals surface area contributed by atoms with Gasteiger partial charge in [0.05, 0.1) is 19.0 Å². The summed E-state index contributed by atoms with van der Waals surface area (Å²) in [5.41, 5.74) is 1.31. The Kier molecular flexibility index (Phi) is 6.11. The molecule has 0 spiro atoms. The number of anilines is 1. The highest BCUT2D eigenvalue weighted by molar-refractivity contribution is 6.39. The third-order valence-electron chi connectivity index (χ3n) is 3.97. The van der Waals surface area contributed by atoms with Crippen LogP contribution in [0.2, 0.25) is 0 Å². The molecule has 0 bridgehead atoms. The first-order valence-electron chi connectivity index (χ1n) is 7.84. The average molecular weight is 334 g/mol. The van der Waals surface area contributed by atoms with Crippen LogP contribution < -0.4 is 10.6 Å². The lowest BCUT2D eigenvalue weighted by molar-refractivity contribution is -0.136. The van der Waals surface area contributed by atoms with Crippen LogP contribution in [-0.4, -0.2) is 54.5 Å². The molecule has 0 atom stereocenters. The van der Waals surface area contributed by atoms with E-state index in [2.05, 4.69) is 20.4 Å². The Bertz CT molecular complexity index is 595. The summed E-state index contributed by atoms with van der Waals surface area (Å²) in [7, 11) is 1.36. The largest absolute Gasteiger partial charge is 0.453 e. The normalized spacial score (nSPS) is 14.8. The van der Waals surface area contributed by atoms with Crippen LogP contribution in [0.15, 0.2) is 18.3 Å². The zero-order valence-corrected chi connectivity index (χ0v) is 13.9. The number of hydrogen-bond donors (Lipinski definition) is 2. The van der Waals surface area contributed by atoms with Crippen molar-refractivity contribution in [3.63, 3.8) is 0 Å². The lowest BCUT2D eigenvalue weighted by atomic mass is 9.97. The summed E-state index contributed by atoms with van der Waals surface area (Å²) in [5.74, 6) is -1.15. The second-order valence-corrected chi connectivity index (χ2v) is 5.75. The zero-order chi connectivity index (χ0) is 17.5. The number of carbonyl (C=O) groups is 3. The number of aromatic nitrogens is 1. The van der Waals surface area contributed by atoms with Gasteiger partial charge in [0.15, 0.2) is 0 Å². The molecular formula is C16H22N4O4. The number of methoxy groups -OCH3 is 1. The van der Waals surface area contributed by atoms with Crippen molar-refractivity contribution in [1.82, 2.24) is 15.2 Å². The van der Waals surface area contributed by atoms with Crippen molar-refractivity contribution in [2.75, 3.05) is 32.1 Å². The molecule has 1 aliphatic rings. The van der Waals surface area contributed by atoms with Crippen LogP contribution >= 0.6 is 0 Å². The quantitative estimate of drug-likeness (QED) is 0.801. The molecule has 2 heterocycles. The first-order chi connectivity index (χ1) is 11.5. The number of ether oxygens (including phenoxy) is 1. The topological polar surface area (TPSA) is 101 Å². The number of nitrogens with one attached hydrogen (secondary N) is 2. The van der Waals surface area contributed by atoms with Gasteiger partial charge in [0.25, 0.3) is 0 Å². The summed E-state index contributed by atoms with van der Waals surface area (Å²) in [4.78, 5) is 40.8. The summed E-state index contributed by atoms with van der Waals surface area (Å²) >= 11 is 0. The molecule has 130 valence electrons. The van der Waals surface area contributed by atoms with Crippen molar-refractivity contribution in [2.45, 2.75) is 19.8 Å². The van der Waals surface area contributed by atoms with Crippen LogP contribution in [0.25, 0.3) is 0 Å². The van der Waals surface area contributed by atoms with Gasteiger partial charge in [-0.1, -0.05) is 0 Å². The minimum Gasteiger partial charge on any atom is -0.453 e. The maximum Gasteiger partial charge on any atom is 0.409 e. The molecule has 1 fully saturated rings. The number of hydrogen-bond acceptors (Lipinski definition) is 5. The predicted molar refractivity (Wildman–Crippen MR) is 87.3 cm³/mol. The predicted octanol–water partition coefficient (Wildman–Crippen LogP) is 0.923. The summed E-state index contributed by atoms with van der Waals surface area (Å²) in [6.07, 6.45) is 2.70. The van der Waals surface area contributed by atoms with Gasteiger partial charge in [0, 0.05) is 25.3 Å². The fourth-order valence-corrected chi connectivity index (χ4v) is 2.50. The second kappa shape index (κ2) is 8.28. The van der Waals surface area contributed by atoms with Crippen molar-refractivity contribution >= 4 is 23.6 Å². The minimum absolute atomic E-state index is 0.240. The molecule has 1 saturated heterocycles. The van der Waals surface area contributed by atoms with Crippen molar-refractivity contribution in [3.8, 4) is 0 Å². The number of amides is 3. The summed E-state index contributed by atoms with van der Waals surface area (Å²) in [6, 6.07) is 3.44. The Hall–Kier alpha value is -2.64. The van der Waals surface area contributed by atoms with Gasteiger partial charge in [0.2, 0.25) is 0 Å². The zero-order valence-electron chi connectivity index (χ0n) is 13.9. The van der Waals surface area contributed by atoms with E-state index in [0.717, 1.165) is 18.5 Å². The maximum absolute atomic E-state index is 11.8. The first-order valence-corrected chi connectivity index (χ1v) is 7.84. The number of likely N-dealkylation sites (tertiary alicyclic amines) is 1. The number of pyridine rings is 1. The molecule has 3 amide bonds. The van der Waals surface area contributed by atoms with E-state index in [0.29, 0.717) is 25.3 Å². The molecule has 1 aromatic heterocycles. The molecule has 8 heteroatoms. The van der Waals surface area contributed by atoms with Crippen LogP contribution in [0.3, 0.4) is 0 Å². The van der Waals surface area contributed by atoms with Crippen molar-refractivity contribution in [2.24, 2.45) is 5.92 Å². The molecule has 1 aliphatic heterocycles. The van der Waals surface area contributed by atoms with Gasteiger partial charge in [0.1, 0.15) is 0 Å². The lowest BCUT2D eigenvalue weighted by Gasteiger charge is -2.30. The molecule has 0 saturated carbocycles. The molecule has 24 heavy (non-hydrogen) atoms. The second-order valence-electron chi connectivity index (χ2n) is 5.75. The van der Waals surface area contributed by atoms with Gasteiger partial charge in [-0.3, -0.25) is 14.6 Å². The smallest absolute Gasteiger partial charge is 0.409 e. The highest BCUT2D eigenvalue weighted by Crippen LogP contribution is 2.16. The van der Waals surface area contributed by atoms with Gasteiger partial charge >= 0.3 is 17.9 Å². The highest BCUT2D eigenvalue weighted by atomic mass is 16.5. The molecule has 0 aromatic carbocycles. The lowest BCUT2D eigenvalue weighted by Crippen LogP contribution is -2.43. The summed E-state index contributed by atoms with van der Waals surface area (Å²) in [5, 5.41) is 5.14. The summed E-state index contributed by atoms with van der Waals surface area (Å²) in [6.45, 7) is 3.43. The first kappa shape index (κ1) is 17.7. The number of carbonyl (C=O) groups excluding carboxylic acids is 3. The van der Waals surface area contributed by atoms with E-state index in [1.807, 2.05) is 6.92 Å². The molecule has 0 radical (unpaired) electrons. The van der Waals surface area contributed by atoms with Crippen LogP contribution in [0.4, 0.5) is 10.5 Å². The average Bonchev–Trinajstić information content (AvgIpc) is 2.61. The van der Waals surface area contributed by atoms with Gasteiger partial charge in [-0.2, -0.15) is 0 Å². The highest BCUT2D eigenvalue weighted by Gasteiger charge is 2.24. The van der Waals surface area contributed by atoms with Gasteiger partial charge in [-0.25, -0.2) is 4.79 Å². The third kappa shape index (κ3) is 4.94. The van der Waals surface area contributed by atoms with Gasteiger partial charge in [-0.05, 0) is 37.8 Å². The monoisotopic (exact) mass is 334 g/mol. The molecule has 2 rings (SSSR count). The molecule has 0 aliphatic carbocycles. The van der Waals surface area contributed by atoms with Crippen LogP contribution in [0.1, 0.15) is 18.5 Å².